The normalized spacial score (nSPS) is 10.4. The molecule has 0 amide bonds. The SMILES string of the molecule is CC#CCOc1ccc(C)cc1S(=O)(=O)Cl. The van der Waals surface area contributed by atoms with Gasteiger partial charge < -0.3 is 4.74 Å². The predicted octanol–water partition coefficient (Wildman–Crippen LogP) is 2.32. The van der Waals surface area contributed by atoms with Gasteiger partial charge >= 0.3 is 0 Å². The molecular formula is C11H11ClO3S. The first kappa shape index (κ1) is 12.9. The van der Waals surface area contributed by atoms with Crippen LogP contribution in [0.25, 0.3) is 0 Å². The number of benzene rings is 1. The predicted molar refractivity (Wildman–Crippen MR) is 63.2 cm³/mol. The fraction of sp³-hybridized carbons (Fsp3) is 0.273. The van der Waals surface area contributed by atoms with Crippen molar-refractivity contribution in [3.05, 3.63) is 23.8 Å². The first-order valence-corrected chi connectivity index (χ1v) is 6.84. The van der Waals surface area contributed by atoms with E-state index in [1.807, 2.05) is 0 Å². The van der Waals surface area contributed by atoms with Crippen LogP contribution in [0.1, 0.15) is 12.5 Å². The highest BCUT2D eigenvalue weighted by molar-refractivity contribution is 8.13. The lowest BCUT2D eigenvalue weighted by Gasteiger charge is -2.07. The molecule has 0 aliphatic heterocycles. The molecule has 0 atom stereocenters. The molecule has 3 nitrogen and oxygen atoms in total. The molecule has 5 heteroatoms. The van der Waals surface area contributed by atoms with Crippen LogP contribution in [-0.4, -0.2) is 15.0 Å². The maximum absolute atomic E-state index is 11.3. The molecule has 0 radical (unpaired) electrons. The van der Waals surface area contributed by atoms with Gasteiger partial charge in [0.25, 0.3) is 9.05 Å². The average molecular weight is 259 g/mol. The van der Waals surface area contributed by atoms with E-state index in [-0.39, 0.29) is 17.3 Å². The van der Waals surface area contributed by atoms with Crippen LogP contribution in [-0.2, 0) is 9.05 Å². The molecule has 86 valence electrons. The minimum Gasteiger partial charge on any atom is -0.480 e. The van der Waals surface area contributed by atoms with Crippen molar-refractivity contribution in [1.82, 2.24) is 0 Å². The van der Waals surface area contributed by atoms with Crippen molar-refractivity contribution < 1.29 is 13.2 Å². The Kier molecular flexibility index (Phi) is 4.22. The van der Waals surface area contributed by atoms with E-state index in [1.54, 1.807) is 26.0 Å². The minimum absolute atomic E-state index is 0.0212. The molecule has 0 saturated carbocycles. The molecule has 1 aromatic rings. The van der Waals surface area contributed by atoms with E-state index in [9.17, 15) is 8.42 Å². The number of rotatable bonds is 3. The van der Waals surface area contributed by atoms with Gasteiger partial charge in [0.05, 0.1) is 0 Å². The molecule has 0 bridgehead atoms. The Hall–Kier alpha value is -1.18. The Labute approximate surface area is 99.8 Å². The highest BCUT2D eigenvalue weighted by atomic mass is 35.7. The summed E-state index contributed by atoms with van der Waals surface area (Å²) in [5.41, 5.74) is 0.799. The van der Waals surface area contributed by atoms with Gasteiger partial charge in [-0.2, -0.15) is 0 Å². The van der Waals surface area contributed by atoms with E-state index >= 15 is 0 Å². The standard InChI is InChI=1S/C11H11ClO3S/c1-3-4-7-15-10-6-5-9(2)8-11(10)16(12,13)14/h5-6,8H,7H2,1-2H3. The zero-order valence-corrected chi connectivity index (χ0v) is 10.5. The summed E-state index contributed by atoms with van der Waals surface area (Å²) in [6.45, 7) is 3.60. The topological polar surface area (TPSA) is 43.4 Å². The molecule has 0 aliphatic carbocycles. The van der Waals surface area contributed by atoms with Crippen LogP contribution in [0.4, 0.5) is 0 Å². The van der Waals surface area contributed by atoms with Gasteiger partial charge in [0.15, 0.2) is 0 Å². The summed E-state index contributed by atoms with van der Waals surface area (Å²) in [5, 5.41) is 0. The van der Waals surface area contributed by atoms with Crippen molar-refractivity contribution in [1.29, 1.82) is 0 Å². The lowest BCUT2D eigenvalue weighted by atomic mass is 10.2. The van der Waals surface area contributed by atoms with E-state index in [0.29, 0.717) is 0 Å². The third kappa shape index (κ3) is 3.44. The fourth-order valence-electron chi connectivity index (χ4n) is 1.11. The first-order chi connectivity index (χ1) is 7.45. The van der Waals surface area contributed by atoms with Gasteiger partial charge in [0, 0.05) is 10.7 Å². The third-order valence-electron chi connectivity index (χ3n) is 1.84. The van der Waals surface area contributed by atoms with E-state index < -0.39 is 9.05 Å². The number of aryl methyl sites for hydroxylation is 1. The van der Waals surface area contributed by atoms with Gasteiger partial charge in [-0.15, -0.1) is 5.92 Å². The Morgan fingerprint density at radius 2 is 2.12 bits per heavy atom. The molecular weight excluding hydrogens is 248 g/mol. The average Bonchev–Trinajstić information content (AvgIpc) is 2.19. The number of halogens is 1. The molecule has 0 spiro atoms. The summed E-state index contributed by atoms with van der Waals surface area (Å²) < 4.78 is 27.8. The van der Waals surface area contributed by atoms with Gasteiger partial charge in [0.1, 0.15) is 17.3 Å². The van der Waals surface area contributed by atoms with Gasteiger partial charge in [-0.3, -0.25) is 0 Å². The summed E-state index contributed by atoms with van der Waals surface area (Å²) in [7, 11) is 1.51. The Morgan fingerprint density at radius 1 is 1.44 bits per heavy atom. The lowest BCUT2D eigenvalue weighted by molar-refractivity contribution is 0.360. The summed E-state index contributed by atoms with van der Waals surface area (Å²) in [4.78, 5) is -0.0212. The van der Waals surface area contributed by atoms with Crippen LogP contribution < -0.4 is 4.74 Å². The van der Waals surface area contributed by atoms with Crippen molar-refractivity contribution in [2.75, 3.05) is 6.61 Å². The zero-order valence-electron chi connectivity index (χ0n) is 8.95. The van der Waals surface area contributed by atoms with Crippen molar-refractivity contribution >= 4 is 19.7 Å². The van der Waals surface area contributed by atoms with Gasteiger partial charge in [-0.05, 0) is 31.5 Å². The second kappa shape index (κ2) is 5.24. The van der Waals surface area contributed by atoms with Crippen LogP contribution >= 0.6 is 10.7 Å². The molecule has 0 aromatic heterocycles. The zero-order chi connectivity index (χ0) is 12.2. The highest BCUT2D eigenvalue weighted by Gasteiger charge is 2.16. The molecule has 0 aliphatic rings. The Balaban J connectivity index is 3.12. The van der Waals surface area contributed by atoms with Crippen molar-refractivity contribution in [3.8, 4) is 17.6 Å². The fourth-order valence-corrected chi connectivity index (χ4v) is 2.17. The molecule has 0 N–H and O–H groups in total. The molecule has 16 heavy (non-hydrogen) atoms. The summed E-state index contributed by atoms with van der Waals surface area (Å²) in [5.74, 6) is 5.56. The maximum atomic E-state index is 11.3. The Bertz CT molecular complexity index is 538. The second-order valence-corrected chi connectivity index (χ2v) is 5.64. The Morgan fingerprint density at radius 3 is 2.69 bits per heavy atom. The molecule has 0 heterocycles. The molecule has 1 aromatic carbocycles. The van der Waals surface area contributed by atoms with Gasteiger partial charge in [0.2, 0.25) is 0 Å². The van der Waals surface area contributed by atoms with E-state index in [1.165, 1.54) is 6.07 Å². The quantitative estimate of drug-likeness (QED) is 0.617. The maximum Gasteiger partial charge on any atom is 0.264 e. The smallest absolute Gasteiger partial charge is 0.264 e. The van der Waals surface area contributed by atoms with Gasteiger partial charge in [-0.1, -0.05) is 12.0 Å². The second-order valence-electron chi connectivity index (χ2n) is 3.10. The van der Waals surface area contributed by atoms with Crippen LogP contribution in [0.2, 0.25) is 0 Å². The van der Waals surface area contributed by atoms with Gasteiger partial charge in [-0.25, -0.2) is 8.42 Å². The number of hydrogen-bond acceptors (Lipinski definition) is 3. The molecule has 0 saturated heterocycles. The van der Waals surface area contributed by atoms with Crippen molar-refractivity contribution in [2.24, 2.45) is 0 Å². The van der Waals surface area contributed by atoms with E-state index in [4.69, 9.17) is 15.4 Å². The summed E-state index contributed by atoms with van der Waals surface area (Å²) in [6.07, 6.45) is 0. The van der Waals surface area contributed by atoms with Crippen LogP contribution in [0, 0.1) is 18.8 Å². The summed E-state index contributed by atoms with van der Waals surface area (Å²) in [6, 6.07) is 4.79. The number of ether oxygens (including phenoxy) is 1. The largest absolute Gasteiger partial charge is 0.480 e. The van der Waals surface area contributed by atoms with Crippen molar-refractivity contribution in [3.63, 3.8) is 0 Å². The first-order valence-electron chi connectivity index (χ1n) is 4.53. The van der Waals surface area contributed by atoms with Crippen molar-refractivity contribution in [2.45, 2.75) is 18.7 Å². The van der Waals surface area contributed by atoms with E-state index in [2.05, 4.69) is 11.8 Å². The molecule has 0 unspecified atom stereocenters. The monoisotopic (exact) mass is 258 g/mol. The van der Waals surface area contributed by atoms with Crippen LogP contribution in [0.3, 0.4) is 0 Å². The van der Waals surface area contributed by atoms with E-state index in [0.717, 1.165) is 5.56 Å². The van der Waals surface area contributed by atoms with Crippen LogP contribution in [0.5, 0.6) is 5.75 Å². The molecule has 1 rings (SSSR count). The highest BCUT2D eigenvalue weighted by Crippen LogP contribution is 2.27. The van der Waals surface area contributed by atoms with Crippen LogP contribution in [0.15, 0.2) is 23.1 Å². The summed E-state index contributed by atoms with van der Waals surface area (Å²) >= 11 is 0. The minimum atomic E-state index is -3.79. The third-order valence-corrected chi connectivity index (χ3v) is 3.18. The molecule has 0 fully saturated rings. The number of hydrogen-bond donors (Lipinski definition) is 0. The lowest BCUT2D eigenvalue weighted by Crippen LogP contribution is -2.00.